The van der Waals surface area contributed by atoms with E-state index in [9.17, 15) is 9.18 Å². The predicted molar refractivity (Wildman–Crippen MR) is 81.2 cm³/mol. The number of rotatable bonds is 4. The summed E-state index contributed by atoms with van der Waals surface area (Å²) < 4.78 is 23.8. The molecule has 0 aliphatic heterocycles. The van der Waals surface area contributed by atoms with Crippen molar-refractivity contribution < 1.29 is 18.0 Å². The first-order valence-corrected chi connectivity index (χ1v) is 7.10. The fraction of sp³-hybridized carbons (Fsp3) is 0.176. The summed E-state index contributed by atoms with van der Waals surface area (Å²) in [5.41, 5.74) is 1.50. The monoisotopic (exact) mass is 314 g/mol. The van der Waals surface area contributed by atoms with Gasteiger partial charge in [0, 0.05) is 5.56 Å². The van der Waals surface area contributed by atoms with Crippen LogP contribution in [0.25, 0.3) is 11.3 Å². The standard InChI is InChI=1S/C17H15FN2O3/c1-10-11(2)22-16(20-10)9-19-17(21)15-8-7-14(23-15)12-3-5-13(18)6-4-12/h3-8H,9H2,1-2H3,(H,19,21). The number of oxazole rings is 1. The van der Waals surface area contributed by atoms with Crippen LogP contribution in [0.3, 0.4) is 0 Å². The first-order chi connectivity index (χ1) is 11.0. The van der Waals surface area contributed by atoms with E-state index in [0.717, 1.165) is 11.5 Å². The molecular formula is C17H15FN2O3. The Hall–Kier alpha value is -2.89. The number of carbonyl (C=O) groups is 1. The van der Waals surface area contributed by atoms with Crippen molar-refractivity contribution in [3.63, 3.8) is 0 Å². The minimum absolute atomic E-state index is 0.171. The first-order valence-electron chi connectivity index (χ1n) is 7.10. The van der Waals surface area contributed by atoms with E-state index in [1.807, 2.05) is 13.8 Å². The maximum absolute atomic E-state index is 12.9. The summed E-state index contributed by atoms with van der Waals surface area (Å²) in [5, 5.41) is 2.68. The molecule has 1 N–H and O–H groups in total. The molecule has 2 aromatic heterocycles. The molecule has 23 heavy (non-hydrogen) atoms. The van der Waals surface area contributed by atoms with E-state index in [1.54, 1.807) is 24.3 Å². The van der Waals surface area contributed by atoms with Gasteiger partial charge in [-0.25, -0.2) is 9.37 Å². The first kappa shape index (κ1) is 15.0. The van der Waals surface area contributed by atoms with Crippen molar-refractivity contribution in [3.8, 4) is 11.3 Å². The largest absolute Gasteiger partial charge is 0.451 e. The second-order valence-electron chi connectivity index (χ2n) is 5.10. The summed E-state index contributed by atoms with van der Waals surface area (Å²) in [6, 6.07) is 9.10. The van der Waals surface area contributed by atoms with Gasteiger partial charge in [-0.2, -0.15) is 0 Å². The number of halogens is 1. The molecule has 0 saturated heterocycles. The van der Waals surface area contributed by atoms with Gasteiger partial charge in [-0.1, -0.05) is 0 Å². The summed E-state index contributed by atoms with van der Waals surface area (Å²) >= 11 is 0. The number of amides is 1. The van der Waals surface area contributed by atoms with Crippen molar-refractivity contribution in [2.45, 2.75) is 20.4 Å². The third kappa shape index (κ3) is 3.31. The SMILES string of the molecule is Cc1nc(CNC(=O)c2ccc(-c3ccc(F)cc3)o2)oc1C. The Kier molecular flexibility index (Phi) is 3.97. The second-order valence-corrected chi connectivity index (χ2v) is 5.10. The van der Waals surface area contributed by atoms with Gasteiger partial charge in [0.15, 0.2) is 5.76 Å². The second kappa shape index (κ2) is 6.08. The van der Waals surface area contributed by atoms with E-state index in [2.05, 4.69) is 10.3 Å². The Balaban J connectivity index is 1.67. The number of benzene rings is 1. The molecule has 0 bridgehead atoms. The lowest BCUT2D eigenvalue weighted by molar-refractivity contribution is 0.0920. The van der Waals surface area contributed by atoms with Gasteiger partial charge in [0.2, 0.25) is 5.89 Å². The third-order valence-electron chi connectivity index (χ3n) is 3.43. The van der Waals surface area contributed by atoms with Crippen LogP contribution >= 0.6 is 0 Å². The summed E-state index contributed by atoms with van der Waals surface area (Å²) in [5.74, 6) is 1.15. The van der Waals surface area contributed by atoms with Gasteiger partial charge in [0.1, 0.15) is 17.3 Å². The summed E-state index contributed by atoms with van der Waals surface area (Å²) in [7, 11) is 0. The van der Waals surface area contributed by atoms with Crippen LogP contribution in [0.4, 0.5) is 4.39 Å². The molecule has 1 aromatic carbocycles. The van der Waals surface area contributed by atoms with Crippen LogP contribution in [0, 0.1) is 19.7 Å². The van der Waals surface area contributed by atoms with Crippen molar-refractivity contribution in [3.05, 3.63) is 65.3 Å². The molecule has 5 nitrogen and oxygen atoms in total. The minimum atomic E-state index is -0.369. The number of carbonyl (C=O) groups excluding carboxylic acids is 1. The molecule has 118 valence electrons. The highest BCUT2D eigenvalue weighted by Crippen LogP contribution is 2.22. The Morgan fingerprint density at radius 3 is 2.52 bits per heavy atom. The van der Waals surface area contributed by atoms with Gasteiger partial charge >= 0.3 is 0 Å². The molecular weight excluding hydrogens is 299 g/mol. The van der Waals surface area contributed by atoms with Crippen LogP contribution in [0.1, 0.15) is 27.9 Å². The van der Waals surface area contributed by atoms with Gasteiger partial charge in [-0.15, -0.1) is 0 Å². The third-order valence-corrected chi connectivity index (χ3v) is 3.43. The van der Waals surface area contributed by atoms with Crippen LogP contribution in [0.15, 0.2) is 45.2 Å². The van der Waals surface area contributed by atoms with Crippen molar-refractivity contribution >= 4 is 5.91 Å². The highest BCUT2D eigenvalue weighted by molar-refractivity contribution is 5.91. The van der Waals surface area contributed by atoms with Crippen LogP contribution in [0.5, 0.6) is 0 Å². The zero-order valence-corrected chi connectivity index (χ0v) is 12.7. The van der Waals surface area contributed by atoms with Crippen molar-refractivity contribution in [2.75, 3.05) is 0 Å². The van der Waals surface area contributed by atoms with E-state index in [-0.39, 0.29) is 24.0 Å². The summed E-state index contributed by atoms with van der Waals surface area (Å²) in [4.78, 5) is 16.3. The number of hydrogen-bond donors (Lipinski definition) is 1. The van der Waals surface area contributed by atoms with Crippen molar-refractivity contribution in [1.82, 2.24) is 10.3 Å². The number of nitrogens with one attached hydrogen (secondary N) is 1. The zero-order valence-electron chi connectivity index (χ0n) is 12.7. The number of furan rings is 1. The van der Waals surface area contributed by atoms with Crippen LogP contribution in [0.2, 0.25) is 0 Å². The predicted octanol–water partition coefficient (Wildman–Crippen LogP) is 3.62. The molecule has 6 heteroatoms. The average molecular weight is 314 g/mol. The smallest absolute Gasteiger partial charge is 0.287 e. The van der Waals surface area contributed by atoms with E-state index in [0.29, 0.717) is 17.2 Å². The molecule has 3 rings (SSSR count). The Morgan fingerprint density at radius 1 is 1.13 bits per heavy atom. The molecule has 0 fully saturated rings. The highest BCUT2D eigenvalue weighted by Gasteiger charge is 2.13. The topological polar surface area (TPSA) is 68.3 Å². The van der Waals surface area contributed by atoms with Crippen LogP contribution < -0.4 is 5.32 Å². The molecule has 1 amide bonds. The molecule has 0 unspecified atom stereocenters. The molecule has 0 aliphatic rings. The van der Waals surface area contributed by atoms with Crippen LogP contribution in [-0.2, 0) is 6.54 Å². The normalized spacial score (nSPS) is 10.7. The average Bonchev–Trinajstić information content (AvgIpc) is 3.13. The van der Waals surface area contributed by atoms with E-state index in [1.165, 1.54) is 12.1 Å². The molecule has 3 aromatic rings. The molecule has 0 saturated carbocycles. The number of nitrogens with zero attached hydrogens (tertiary/aromatic N) is 1. The van der Waals surface area contributed by atoms with E-state index in [4.69, 9.17) is 8.83 Å². The Labute approximate surface area is 132 Å². The van der Waals surface area contributed by atoms with Crippen molar-refractivity contribution in [1.29, 1.82) is 0 Å². The van der Waals surface area contributed by atoms with Gasteiger partial charge < -0.3 is 14.2 Å². The Morgan fingerprint density at radius 2 is 1.87 bits per heavy atom. The Bertz CT molecular complexity index is 814. The minimum Gasteiger partial charge on any atom is -0.451 e. The molecule has 0 spiro atoms. The number of aryl methyl sites for hydroxylation is 2. The van der Waals surface area contributed by atoms with Gasteiger partial charge in [0.05, 0.1) is 12.2 Å². The molecule has 2 heterocycles. The lowest BCUT2D eigenvalue weighted by atomic mass is 10.2. The number of hydrogen-bond acceptors (Lipinski definition) is 4. The van der Waals surface area contributed by atoms with Gasteiger partial charge in [0.25, 0.3) is 5.91 Å². The fourth-order valence-electron chi connectivity index (χ4n) is 2.09. The number of aromatic nitrogens is 1. The van der Waals surface area contributed by atoms with Gasteiger partial charge in [-0.05, 0) is 50.2 Å². The zero-order chi connectivity index (χ0) is 16.4. The van der Waals surface area contributed by atoms with Gasteiger partial charge in [-0.3, -0.25) is 4.79 Å². The van der Waals surface area contributed by atoms with Crippen LogP contribution in [-0.4, -0.2) is 10.9 Å². The fourth-order valence-corrected chi connectivity index (χ4v) is 2.09. The van der Waals surface area contributed by atoms with E-state index >= 15 is 0 Å². The summed E-state index contributed by atoms with van der Waals surface area (Å²) in [6.07, 6.45) is 0. The quantitative estimate of drug-likeness (QED) is 0.798. The maximum atomic E-state index is 12.9. The lowest BCUT2D eigenvalue weighted by Crippen LogP contribution is -2.22. The van der Waals surface area contributed by atoms with E-state index < -0.39 is 0 Å². The molecule has 0 aliphatic carbocycles. The molecule has 0 atom stereocenters. The highest BCUT2D eigenvalue weighted by atomic mass is 19.1. The molecule has 0 radical (unpaired) electrons. The van der Waals surface area contributed by atoms with Crippen molar-refractivity contribution in [2.24, 2.45) is 0 Å². The maximum Gasteiger partial charge on any atom is 0.287 e. The lowest BCUT2D eigenvalue weighted by Gasteiger charge is -2.00. The summed E-state index contributed by atoms with van der Waals surface area (Å²) in [6.45, 7) is 3.83.